The van der Waals surface area contributed by atoms with Gasteiger partial charge in [-0.1, -0.05) is 12.1 Å². The van der Waals surface area contributed by atoms with E-state index in [0.717, 1.165) is 18.7 Å². The number of furan rings is 1. The first-order valence-corrected chi connectivity index (χ1v) is 11.0. The molecule has 0 aliphatic carbocycles. The average molecular weight is 449 g/mol. The Morgan fingerprint density at radius 1 is 1.24 bits per heavy atom. The molecular formula is C25H24FN3O4. The number of carbonyl (C=O) groups is 1. The second-order valence-electron chi connectivity index (χ2n) is 7.97. The van der Waals surface area contributed by atoms with Gasteiger partial charge in [0.1, 0.15) is 29.0 Å². The van der Waals surface area contributed by atoms with Gasteiger partial charge in [-0.25, -0.2) is 9.18 Å². The van der Waals surface area contributed by atoms with Gasteiger partial charge in [-0.15, -0.1) is 0 Å². The van der Waals surface area contributed by atoms with Crippen molar-refractivity contribution in [2.45, 2.75) is 13.0 Å². The van der Waals surface area contributed by atoms with Crippen LogP contribution in [0.5, 0.6) is 5.75 Å². The zero-order valence-corrected chi connectivity index (χ0v) is 18.2. The van der Waals surface area contributed by atoms with E-state index in [-0.39, 0.29) is 23.3 Å². The van der Waals surface area contributed by atoms with Crippen LogP contribution in [0.25, 0.3) is 21.7 Å². The van der Waals surface area contributed by atoms with Crippen LogP contribution in [0.15, 0.2) is 53.4 Å². The highest BCUT2D eigenvalue weighted by Gasteiger charge is 2.33. The minimum Gasteiger partial charge on any atom is -0.507 e. The zero-order chi connectivity index (χ0) is 22.9. The topological polar surface area (TPSA) is 87.8 Å². The molecule has 4 aromatic rings. The summed E-state index contributed by atoms with van der Waals surface area (Å²) in [5.41, 5.74) is 1.84. The maximum Gasteiger partial charge on any atom is 0.342 e. The molecule has 170 valence electrons. The van der Waals surface area contributed by atoms with Gasteiger partial charge in [-0.2, -0.15) is 0 Å². The number of piperazine rings is 1. The Labute approximate surface area is 189 Å². The predicted molar refractivity (Wildman–Crippen MR) is 122 cm³/mol. The molecule has 0 radical (unpaired) electrons. The van der Waals surface area contributed by atoms with Crippen LogP contribution in [0.2, 0.25) is 0 Å². The third-order valence-electron chi connectivity index (χ3n) is 6.12. The van der Waals surface area contributed by atoms with Crippen molar-refractivity contribution in [1.82, 2.24) is 15.2 Å². The summed E-state index contributed by atoms with van der Waals surface area (Å²) in [4.78, 5) is 19.2. The molecular weight excluding hydrogens is 425 g/mol. The van der Waals surface area contributed by atoms with Gasteiger partial charge in [-0.05, 0) is 30.7 Å². The zero-order valence-electron chi connectivity index (χ0n) is 18.2. The molecule has 7 nitrogen and oxygen atoms in total. The SMILES string of the molecule is CCOC(=O)c1coc2c1c(C(c1ccncc1)N1CCNCC1)c(O)c1c(F)cccc12. The van der Waals surface area contributed by atoms with E-state index >= 15 is 4.39 Å². The minimum atomic E-state index is -0.559. The summed E-state index contributed by atoms with van der Waals surface area (Å²) in [5.74, 6) is -1.32. The van der Waals surface area contributed by atoms with Crippen molar-refractivity contribution in [1.29, 1.82) is 0 Å². The van der Waals surface area contributed by atoms with E-state index in [1.807, 2.05) is 12.1 Å². The molecule has 1 aliphatic rings. The van der Waals surface area contributed by atoms with Gasteiger partial charge in [-0.3, -0.25) is 9.88 Å². The van der Waals surface area contributed by atoms with Crippen LogP contribution in [0.4, 0.5) is 4.39 Å². The maximum atomic E-state index is 15.0. The molecule has 2 aromatic heterocycles. The van der Waals surface area contributed by atoms with Crippen molar-refractivity contribution in [3.05, 3.63) is 71.5 Å². The number of hydrogen-bond donors (Lipinski definition) is 2. The summed E-state index contributed by atoms with van der Waals surface area (Å²) < 4.78 is 26.1. The summed E-state index contributed by atoms with van der Waals surface area (Å²) in [7, 11) is 0. The Morgan fingerprint density at radius 3 is 2.73 bits per heavy atom. The molecule has 0 bridgehead atoms. The first-order valence-electron chi connectivity index (χ1n) is 11.0. The molecule has 0 spiro atoms. The second kappa shape index (κ2) is 8.80. The number of phenols is 1. The molecule has 0 amide bonds. The van der Waals surface area contributed by atoms with E-state index in [1.165, 1.54) is 12.3 Å². The Hall–Kier alpha value is -3.49. The van der Waals surface area contributed by atoms with Gasteiger partial charge in [0.25, 0.3) is 0 Å². The minimum absolute atomic E-state index is 0.0685. The van der Waals surface area contributed by atoms with E-state index in [0.29, 0.717) is 35.0 Å². The number of benzene rings is 2. The first-order chi connectivity index (χ1) is 16.1. The van der Waals surface area contributed by atoms with E-state index in [4.69, 9.17) is 9.15 Å². The summed E-state index contributed by atoms with van der Waals surface area (Å²) in [6, 6.07) is 7.82. The summed E-state index contributed by atoms with van der Waals surface area (Å²) in [5, 5.41) is 15.8. The Bertz CT molecular complexity index is 1320. The van der Waals surface area contributed by atoms with E-state index in [1.54, 1.807) is 31.5 Å². The number of hydrogen-bond acceptors (Lipinski definition) is 7. The number of rotatable bonds is 5. The molecule has 8 heteroatoms. The number of ether oxygens (including phenoxy) is 1. The number of aromatic nitrogens is 1. The second-order valence-corrected chi connectivity index (χ2v) is 7.97. The average Bonchev–Trinajstić information content (AvgIpc) is 3.28. The predicted octanol–water partition coefficient (Wildman–Crippen LogP) is 4.00. The fraction of sp³-hybridized carbons (Fsp3) is 0.280. The normalized spacial score (nSPS) is 15.7. The lowest BCUT2D eigenvalue weighted by Crippen LogP contribution is -2.45. The highest BCUT2D eigenvalue weighted by atomic mass is 19.1. The fourth-order valence-electron chi connectivity index (χ4n) is 4.70. The van der Waals surface area contributed by atoms with Crippen LogP contribution in [0.1, 0.15) is 34.5 Å². The standard InChI is InChI=1S/C25H24FN3O4/c1-2-32-25(31)17-14-33-24-16-4-3-5-18(26)19(16)23(30)21(20(17)24)22(15-6-8-27-9-7-15)29-12-10-28-11-13-29/h3-9,14,22,28,30H,2,10-13H2,1H3. The molecule has 1 unspecified atom stereocenters. The number of nitrogens with one attached hydrogen (secondary N) is 1. The molecule has 1 atom stereocenters. The molecule has 1 fully saturated rings. The molecule has 2 N–H and O–H groups in total. The molecule has 2 aromatic carbocycles. The fourth-order valence-corrected chi connectivity index (χ4v) is 4.70. The van der Waals surface area contributed by atoms with Crippen LogP contribution < -0.4 is 5.32 Å². The molecule has 5 rings (SSSR count). The number of phenolic OH excluding ortho intramolecular Hbond substituents is 1. The van der Waals surface area contributed by atoms with E-state index in [9.17, 15) is 9.90 Å². The van der Waals surface area contributed by atoms with Crippen LogP contribution >= 0.6 is 0 Å². The molecule has 3 heterocycles. The van der Waals surface area contributed by atoms with Crippen LogP contribution in [0.3, 0.4) is 0 Å². The third kappa shape index (κ3) is 3.61. The van der Waals surface area contributed by atoms with Gasteiger partial charge in [0.15, 0.2) is 0 Å². The summed E-state index contributed by atoms with van der Waals surface area (Å²) in [6.07, 6.45) is 4.70. The number of carbonyl (C=O) groups excluding carboxylic acids is 1. The number of esters is 1. The van der Waals surface area contributed by atoms with Gasteiger partial charge < -0.3 is 19.6 Å². The van der Waals surface area contributed by atoms with Crippen molar-refractivity contribution in [3.63, 3.8) is 0 Å². The van der Waals surface area contributed by atoms with E-state index in [2.05, 4.69) is 15.2 Å². The van der Waals surface area contributed by atoms with Gasteiger partial charge in [0.2, 0.25) is 0 Å². The monoisotopic (exact) mass is 449 g/mol. The summed E-state index contributed by atoms with van der Waals surface area (Å²) in [6.45, 7) is 4.86. The highest BCUT2D eigenvalue weighted by molar-refractivity contribution is 6.16. The van der Waals surface area contributed by atoms with Crippen molar-refractivity contribution in [3.8, 4) is 5.75 Å². The quantitative estimate of drug-likeness (QED) is 0.445. The lowest BCUT2D eigenvalue weighted by molar-refractivity contribution is 0.0527. The number of fused-ring (bicyclic) bond motifs is 3. The molecule has 33 heavy (non-hydrogen) atoms. The van der Waals surface area contributed by atoms with Crippen molar-refractivity contribution >= 4 is 27.7 Å². The van der Waals surface area contributed by atoms with Crippen LogP contribution in [-0.2, 0) is 4.74 Å². The summed E-state index contributed by atoms with van der Waals surface area (Å²) >= 11 is 0. The number of pyridine rings is 1. The van der Waals surface area contributed by atoms with Crippen molar-refractivity contribution in [2.24, 2.45) is 0 Å². The lowest BCUT2D eigenvalue weighted by atomic mass is 9.89. The maximum absolute atomic E-state index is 15.0. The smallest absolute Gasteiger partial charge is 0.342 e. The van der Waals surface area contributed by atoms with E-state index < -0.39 is 17.8 Å². The van der Waals surface area contributed by atoms with Gasteiger partial charge in [0.05, 0.1) is 18.0 Å². The Morgan fingerprint density at radius 2 is 2.00 bits per heavy atom. The molecule has 0 saturated carbocycles. The van der Waals surface area contributed by atoms with Crippen LogP contribution in [0, 0.1) is 5.82 Å². The highest BCUT2D eigenvalue weighted by Crippen LogP contribution is 2.47. The molecule has 1 saturated heterocycles. The third-order valence-corrected chi connectivity index (χ3v) is 6.12. The van der Waals surface area contributed by atoms with Crippen LogP contribution in [-0.4, -0.2) is 53.7 Å². The number of aromatic hydroxyl groups is 1. The number of halogens is 1. The number of nitrogens with zero attached hydrogens (tertiary/aromatic N) is 2. The van der Waals surface area contributed by atoms with Crippen molar-refractivity contribution in [2.75, 3.05) is 32.8 Å². The first kappa shape index (κ1) is 21.4. The van der Waals surface area contributed by atoms with Gasteiger partial charge >= 0.3 is 5.97 Å². The Balaban J connectivity index is 1.89. The lowest BCUT2D eigenvalue weighted by Gasteiger charge is -2.36. The molecule has 1 aliphatic heterocycles. The van der Waals surface area contributed by atoms with Gasteiger partial charge in [0, 0.05) is 54.9 Å². The largest absolute Gasteiger partial charge is 0.507 e. The van der Waals surface area contributed by atoms with Crippen molar-refractivity contribution < 1.29 is 23.4 Å². The Kier molecular flexibility index (Phi) is 5.70.